The molecule has 1 N–H and O–H groups in total. The van der Waals surface area contributed by atoms with Crippen molar-refractivity contribution in [3.05, 3.63) is 33.6 Å². The number of ether oxygens (including phenoxy) is 1. The molecule has 0 amide bonds. The number of thiazole rings is 1. The van der Waals surface area contributed by atoms with Crippen molar-refractivity contribution in [2.45, 2.75) is 19.4 Å². The van der Waals surface area contributed by atoms with E-state index >= 15 is 0 Å². The molecule has 5 nitrogen and oxygen atoms in total. The third-order valence-electron chi connectivity index (χ3n) is 2.48. The maximum atomic E-state index is 5.94. The molecule has 7 heteroatoms. The zero-order valence-corrected chi connectivity index (χ0v) is 12.3. The molecular formula is C12H15ClN4OS. The van der Waals surface area contributed by atoms with E-state index in [1.807, 2.05) is 11.6 Å². The second kappa shape index (κ2) is 6.79. The normalized spacial score (nSPS) is 12.4. The molecule has 2 rings (SSSR count). The maximum Gasteiger partial charge on any atom is 0.158 e. The number of aromatic nitrogens is 3. The van der Waals surface area contributed by atoms with Crippen molar-refractivity contribution in [1.82, 2.24) is 15.0 Å². The van der Waals surface area contributed by atoms with E-state index in [4.69, 9.17) is 16.3 Å². The number of hydrogen-bond acceptors (Lipinski definition) is 6. The average Bonchev–Trinajstić information content (AvgIpc) is 2.89. The highest BCUT2D eigenvalue weighted by Crippen LogP contribution is 2.19. The van der Waals surface area contributed by atoms with Gasteiger partial charge in [-0.15, -0.1) is 11.3 Å². The van der Waals surface area contributed by atoms with E-state index in [1.54, 1.807) is 24.5 Å². The van der Waals surface area contributed by atoms with Crippen molar-refractivity contribution in [2.24, 2.45) is 0 Å². The minimum absolute atomic E-state index is 0.319. The Morgan fingerprint density at radius 3 is 3.00 bits per heavy atom. The third kappa shape index (κ3) is 4.12. The van der Waals surface area contributed by atoms with Gasteiger partial charge in [-0.2, -0.15) is 0 Å². The van der Waals surface area contributed by atoms with Gasteiger partial charge in [-0.1, -0.05) is 18.5 Å². The molecule has 2 aromatic rings. The summed E-state index contributed by atoms with van der Waals surface area (Å²) < 4.78 is 5.00. The predicted octanol–water partition coefficient (Wildman–Crippen LogP) is 2.95. The van der Waals surface area contributed by atoms with E-state index in [0.29, 0.717) is 29.3 Å². The van der Waals surface area contributed by atoms with Gasteiger partial charge in [0.1, 0.15) is 17.6 Å². The summed E-state index contributed by atoms with van der Waals surface area (Å²) in [6, 6.07) is 1.70. The molecule has 0 saturated heterocycles. The van der Waals surface area contributed by atoms with Crippen LogP contribution in [0.4, 0.5) is 5.82 Å². The zero-order chi connectivity index (χ0) is 13.7. The quantitative estimate of drug-likeness (QED) is 0.831. The lowest BCUT2D eigenvalue weighted by Gasteiger charge is -2.11. The summed E-state index contributed by atoms with van der Waals surface area (Å²) in [5.41, 5.74) is 0. The Bertz CT molecular complexity index is 520. The lowest BCUT2D eigenvalue weighted by molar-refractivity contribution is 0.178. The van der Waals surface area contributed by atoms with Crippen molar-refractivity contribution >= 4 is 28.8 Å². The van der Waals surface area contributed by atoms with Crippen molar-refractivity contribution in [3.8, 4) is 0 Å². The Hall–Kier alpha value is -1.24. The molecule has 2 heterocycles. The molecule has 0 saturated carbocycles. The standard InChI is InChI=1S/C12H15ClN4OS/c1-8(12-14-3-4-19-12)6-15-10-5-9(13)16-11(17-10)7-18-2/h3-5,8H,6-7H2,1-2H3,(H,15,16,17). The molecule has 1 atom stereocenters. The summed E-state index contributed by atoms with van der Waals surface area (Å²) in [5.74, 6) is 1.59. The molecule has 0 bridgehead atoms. The van der Waals surface area contributed by atoms with Gasteiger partial charge in [0.05, 0.1) is 5.01 Å². The summed E-state index contributed by atoms with van der Waals surface area (Å²) in [4.78, 5) is 12.7. The number of nitrogens with zero attached hydrogens (tertiary/aromatic N) is 3. The summed E-state index contributed by atoms with van der Waals surface area (Å²) in [7, 11) is 1.60. The predicted molar refractivity (Wildman–Crippen MR) is 76.8 cm³/mol. The van der Waals surface area contributed by atoms with Crippen LogP contribution in [0.3, 0.4) is 0 Å². The fraction of sp³-hybridized carbons (Fsp3) is 0.417. The van der Waals surface area contributed by atoms with Crippen LogP contribution >= 0.6 is 22.9 Å². The highest BCUT2D eigenvalue weighted by molar-refractivity contribution is 7.09. The first-order chi connectivity index (χ1) is 9.19. The van der Waals surface area contributed by atoms with Gasteiger partial charge < -0.3 is 10.1 Å². The lowest BCUT2D eigenvalue weighted by atomic mass is 10.2. The average molecular weight is 299 g/mol. The number of rotatable bonds is 6. The summed E-state index contributed by atoms with van der Waals surface area (Å²) in [6.07, 6.45) is 1.81. The smallest absolute Gasteiger partial charge is 0.158 e. The molecule has 19 heavy (non-hydrogen) atoms. The Balaban J connectivity index is 1.99. The SMILES string of the molecule is COCc1nc(Cl)cc(NCC(C)c2nccs2)n1. The van der Waals surface area contributed by atoms with Gasteiger partial charge in [-0.3, -0.25) is 0 Å². The van der Waals surface area contributed by atoms with Crippen LogP contribution in [-0.2, 0) is 11.3 Å². The molecule has 0 radical (unpaired) electrons. The molecule has 0 aliphatic carbocycles. The summed E-state index contributed by atoms with van der Waals surface area (Å²) in [6.45, 7) is 3.20. The van der Waals surface area contributed by atoms with Crippen LogP contribution < -0.4 is 5.32 Å². The first-order valence-electron chi connectivity index (χ1n) is 5.84. The Kier molecular flexibility index (Phi) is 5.07. The van der Waals surface area contributed by atoms with E-state index in [9.17, 15) is 0 Å². The van der Waals surface area contributed by atoms with Crippen molar-refractivity contribution < 1.29 is 4.74 Å². The first-order valence-corrected chi connectivity index (χ1v) is 7.10. The van der Waals surface area contributed by atoms with E-state index < -0.39 is 0 Å². The molecule has 1 unspecified atom stereocenters. The van der Waals surface area contributed by atoms with Crippen LogP contribution in [-0.4, -0.2) is 28.6 Å². The van der Waals surface area contributed by atoms with Crippen molar-refractivity contribution in [2.75, 3.05) is 19.0 Å². The van der Waals surface area contributed by atoms with E-state index in [1.165, 1.54) is 0 Å². The summed E-state index contributed by atoms with van der Waals surface area (Å²) >= 11 is 7.59. The molecular weight excluding hydrogens is 284 g/mol. The number of nitrogens with one attached hydrogen (secondary N) is 1. The Morgan fingerprint density at radius 2 is 2.32 bits per heavy atom. The van der Waals surface area contributed by atoms with Gasteiger partial charge >= 0.3 is 0 Å². The van der Waals surface area contributed by atoms with E-state index in [0.717, 1.165) is 11.6 Å². The van der Waals surface area contributed by atoms with Gasteiger partial charge in [0, 0.05) is 37.2 Å². The third-order valence-corrected chi connectivity index (χ3v) is 3.68. The van der Waals surface area contributed by atoms with Crippen LogP contribution in [0.5, 0.6) is 0 Å². The molecule has 0 spiro atoms. The van der Waals surface area contributed by atoms with Crippen LogP contribution in [0.25, 0.3) is 0 Å². The second-order valence-electron chi connectivity index (χ2n) is 4.08. The topological polar surface area (TPSA) is 59.9 Å². The molecule has 0 fully saturated rings. The highest BCUT2D eigenvalue weighted by atomic mass is 35.5. The molecule has 2 aromatic heterocycles. The fourth-order valence-electron chi connectivity index (χ4n) is 1.57. The van der Waals surface area contributed by atoms with Gasteiger partial charge in [0.2, 0.25) is 0 Å². The number of anilines is 1. The van der Waals surface area contributed by atoms with Crippen molar-refractivity contribution in [3.63, 3.8) is 0 Å². The van der Waals surface area contributed by atoms with Crippen LogP contribution in [0.15, 0.2) is 17.6 Å². The molecule has 0 aromatic carbocycles. The minimum atomic E-state index is 0.319. The van der Waals surface area contributed by atoms with Crippen LogP contribution in [0, 0.1) is 0 Å². The molecule has 0 aliphatic rings. The molecule has 0 aliphatic heterocycles. The minimum Gasteiger partial charge on any atom is -0.377 e. The fourth-order valence-corrected chi connectivity index (χ4v) is 2.47. The van der Waals surface area contributed by atoms with Gasteiger partial charge in [-0.25, -0.2) is 15.0 Å². The van der Waals surface area contributed by atoms with Crippen LogP contribution in [0.1, 0.15) is 23.7 Å². The highest BCUT2D eigenvalue weighted by Gasteiger charge is 2.09. The van der Waals surface area contributed by atoms with Gasteiger partial charge in [0.25, 0.3) is 0 Å². The van der Waals surface area contributed by atoms with Crippen LogP contribution in [0.2, 0.25) is 5.15 Å². The van der Waals surface area contributed by atoms with Gasteiger partial charge in [-0.05, 0) is 0 Å². The first kappa shape index (κ1) is 14.2. The lowest BCUT2D eigenvalue weighted by Crippen LogP contribution is -2.12. The number of hydrogen-bond donors (Lipinski definition) is 1. The Morgan fingerprint density at radius 1 is 1.47 bits per heavy atom. The van der Waals surface area contributed by atoms with E-state index in [-0.39, 0.29) is 0 Å². The summed E-state index contributed by atoms with van der Waals surface area (Å²) in [5, 5.41) is 6.73. The maximum absolute atomic E-state index is 5.94. The monoisotopic (exact) mass is 298 g/mol. The largest absolute Gasteiger partial charge is 0.377 e. The number of halogens is 1. The zero-order valence-electron chi connectivity index (χ0n) is 10.8. The van der Waals surface area contributed by atoms with E-state index in [2.05, 4.69) is 27.2 Å². The number of methoxy groups -OCH3 is 1. The van der Waals surface area contributed by atoms with Crippen molar-refractivity contribution in [1.29, 1.82) is 0 Å². The Labute approximate surface area is 121 Å². The molecule has 102 valence electrons. The second-order valence-corrected chi connectivity index (χ2v) is 5.39. The van der Waals surface area contributed by atoms with Gasteiger partial charge in [0.15, 0.2) is 5.82 Å².